The Morgan fingerprint density at radius 3 is 2.58 bits per heavy atom. The maximum atomic E-state index is 11.1. The van der Waals surface area contributed by atoms with Crippen LogP contribution in [0, 0.1) is 27.5 Å². The van der Waals surface area contributed by atoms with E-state index in [1.807, 2.05) is 13.0 Å². The number of rotatable bonds is 3. The van der Waals surface area contributed by atoms with E-state index in [0.717, 1.165) is 20.4 Å². The van der Waals surface area contributed by atoms with E-state index in [9.17, 15) is 10.1 Å². The van der Waals surface area contributed by atoms with E-state index in [0.29, 0.717) is 11.4 Å². The Balaban J connectivity index is 2.70. The highest BCUT2D eigenvalue weighted by atomic mass is 127. The molecule has 0 amide bonds. The molecular formula is C12H12IN3O3. The van der Waals surface area contributed by atoms with Crippen LogP contribution in [0.2, 0.25) is 0 Å². The Hall–Kier alpha value is -1.64. The molecule has 0 bridgehead atoms. The molecular weight excluding hydrogens is 361 g/mol. The third kappa shape index (κ3) is 2.42. The van der Waals surface area contributed by atoms with Gasteiger partial charge in [0, 0.05) is 22.2 Å². The van der Waals surface area contributed by atoms with E-state index in [4.69, 9.17) is 4.52 Å². The van der Waals surface area contributed by atoms with Crippen LogP contribution in [0.4, 0.5) is 11.4 Å². The van der Waals surface area contributed by atoms with Crippen LogP contribution in [0.15, 0.2) is 16.7 Å². The summed E-state index contributed by atoms with van der Waals surface area (Å²) in [5.74, 6) is 0.653. The summed E-state index contributed by atoms with van der Waals surface area (Å²) in [7, 11) is 1.67. The van der Waals surface area contributed by atoms with Gasteiger partial charge in [-0.25, -0.2) is 0 Å². The Morgan fingerprint density at radius 1 is 1.42 bits per heavy atom. The third-order valence-corrected chi connectivity index (χ3v) is 3.69. The lowest BCUT2D eigenvalue weighted by atomic mass is 10.0. The van der Waals surface area contributed by atoms with Crippen molar-refractivity contribution in [1.29, 1.82) is 0 Å². The van der Waals surface area contributed by atoms with E-state index in [2.05, 4.69) is 33.1 Å². The number of halogens is 1. The molecule has 19 heavy (non-hydrogen) atoms. The van der Waals surface area contributed by atoms with Gasteiger partial charge in [0.1, 0.15) is 11.4 Å². The molecule has 2 aromatic rings. The standard InChI is InChI=1S/C12H12IN3O3/c1-6-11(7(2)19-15-6)8-4-9(13)12(14-3)10(5-8)16(17)18/h4-5,14H,1-3H3. The molecule has 2 rings (SSSR count). The van der Waals surface area contributed by atoms with Crippen molar-refractivity contribution in [3.05, 3.63) is 37.3 Å². The largest absolute Gasteiger partial charge is 0.382 e. The molecule has 0 fully saturated rings. The van der Waals surface area contributed by atoms with E-state index in [1.165, 1.54) is 0 Å². The molecule has 7 heteroatoms. The summed E-state index contributed by atoms with van der Waals surface area (Å²) in [6.45, 7) is 3.61. The van der Waals surface area contributed by atoms with Gasteiger partial charge < -0.3 is 9.84 Å². The first-order chi connectivity index (χ1) is 8.95. The Bertz CT molecular complexity index is 632. The molecule has 0 saturated carbocycles. The molecule has 0 unspecified atom stereocenters. The first-order valence-corrected chi connectivity index (χ1v) is 6.62. The highest BCUT2D eigenvalue weighted by molar-refractivity contribution is 14.1. The van der Waals surface area contributed by atoms with Crippen molar-refractivity contribution in [3.63, 3.8) is 0 Å². The number of benzene rings is 1. The second-order valence-corrected chi connectivity index (χ2v) is 5.22. The fraction of sp³-hybridized carbons (Fsp3) is 0.250. The van der Waals surface area contributed by atoms with Crippen LogP contribution < -0.4 is 5.32 Å². The number of hydrogen-bond donors (Lipinski definition) is 1. The molecule has 0 saturated heterocycles. The quantitative estimate of drug-likeness (QED) is 0.506. The Labute approximate surface area is 123 Å². The number of hydrogen-bond acceptors (Lipinski definition) is 5. The molecule has 0 aliphatic rings. The fourth-order valence-corrected chi connectivity index (χ4v) is 2.90. The molecule has 100 valence electrons. The summed E-state index contributed by atoms with van der Waals surface area (Å²) in [6, 6.07) is 3.42. The van der Waals surface area contributed by atoms with Crippen LogP contribution in [0.25, 0.3) is 11.1 Å². The number of nitro groups is 1. The van der Waals surface area contributed by atoms with Crippen molar-refractivity contribution in [2.75, 3.05) is 12.4 Å². The maximum Gasteiger partial charge on any atom is 0.294 e. The smallest absolute Gasteiger partial charge is 0.294 e. The average molecular weight is 373 g/mol. The van der Waals surface area contributed by atoms with E-state index >= 15 is 0 Å². The monoisotopic (exact) mass is 373 g/mol. The molecule has 1 aromatic carbocycles. The van der Waals surface area contributed by atoms with Gasteiger partial charge in [-0.2, -0.15) is 0 Å². The number of anilines is 1. The second-order valence-electron chi connectivity index (χ2n) is 4.06. The van der Waals surface area contributed by atoms with Gasteiger partial charge in [-0.3, -0.25) is 10.1 Å². The first kappa shape index (κ1) is 13.8. The Kier molecular flexibility index (Phi) is 3.74. The number of aromatic nitrogens is 1. The van der Waals surface area contributed by atoms with Gasteiger partial charge in [0.05, 0.1) is 10.6 Å². The van der Waals surface area contributed by atoms with Crippen LogP contribution >= 0.6 is 22.6 Å². The molecule has 1 aromatic heterocycles. The van der Waals surface area contributed by atoms with Gasteiger partial charge >= 0.3 is 0 Å². The van der Waals surface area contributed by atoms with Crippen molar-refractivity contribution in [3.8, 4) is 11.1 Å². The number of nitro benzene ring substituents is 1. The molecule has 6 nitrogen and oxygen atoms in total. The van der Waals surface area contributed by atoms with Crippen molar-refractivity contribution in [1.82, 2.24) is 5.16 Å². The van der Waals surface area contributed by atoms with Gasteiger partial charge in [-0.05, 0) is 48.1 Å². The number of nitrogens with one attached hydrogen (secondary N) is 1. The van der Waals surface area contributed by atoms with Gasteiger partial charge in [0.2, 0.25) is 0 Å². The minimum absolute atomic E-state index is 0.0457. The molecule has 1 N–H and O–H groups in total. The molecule has 0 spiro atoms. The van der Waals surface area contributed by atoms with E-state index in [1.54, 1.807) is 20.0 Å². The van der Waals surface area contributed by atoms with Crippen molar-refractivity contribution in [2.24, 2.45) is 0 Å². The zero-order valence-corrected chi connectivity index (χ0v) is 12.8. The van der Waals surface area contributed by atoms with E-state index < -0.39 is 4.92 Å². The summed E-state index contributed by atoms with van der Waals surface area (Å²) in [5, 5.41) is 17.9. The van der Waals surface area contributed by atoms with Crippen LogP contribution in [0.5, 0.6) is 0 Å². The molecule has 0 aliphatic carbocycles. The lowest BCUT2D eigenvalue weighted by molar-refractivity contribution is -0.383. The zero-order chi connectivity index (χ0) is 14.2. The molecule has 1 heterocycles. The highest BCUT2D eigenvalue weighted by Crippen LogP contribution is 2.37. The topological polar surface area (TPSA) is 81.2 Å². The van der Waals surface area contributed by atoms with Crippen LogP contribution in [-0.2, 0) is 0 Å². The molecule has 0 radical (unpaired) electrons. The third-order valence-electron chi connectivity index (χ3n) is 2.84. The average Bonchev–Trinajstić information content (AvgIpc) is 2.68. The Morgan fingerprint density at radius 2 is 2.11 bits per heavy atom. The maximum absolute atomic E-state index is 11.1. The van der Waals surface area contributed by atoms with Crippen LogP contribution in [0.1, 0.15) is 11.5 Å². The van der Waals surface area contributed by atoms with Gasteiger partial charge in [-0.15, -0.1) is 0 Å². The minimum atomic E-state index is -0.393. The predicted octanol–water partition coefficient (Wildman–Crippen LogP) is 3.51. The van der Waals surface area contributed by atoms with Crippen LogP contribution in [0.3, 0.4) is 0 Å². The fourth-order valence-electron chi connectivity index (χ4n) is 2.02. The summed E-state index contributed by atoms with van der Waals surface area (Å²) >= 11 is 2.08. The van der Waals surface area contributed by atoms with Gasteiger partial charge in [-0.1, -0.05) is 5.16 Å². The molecule has 0 aliphatic heterocycles. The lowest BCUT2D eigenvalue weighted by Crippen LogP contribution is -2.00. The summed E-state index contributed by atoms with van der Waals surface area (Å²) in [6.07, 6.45) is 0. The SMILES string of the molecule is CNc1c(I)cc(-c2c(C)noc2C)cc1[N+](=O)[O-]. The molecule has 0 atom stereocenters. The second kappa shape index (κ2) is 5.16. The summed E-state index contributed by atoms with van der Waals surface area (Å²) in [4.78, 5) is 10.8. The van der Waals surface area contributed by atoms with Crippen molar-refractivity contribution in [2.45, 2.75) is 13.8 Å². The van der Waals surface area contributed by atoms with Gasteiger partial charge in [0.25, 0.3) is 5.69 Å². The van der Waals surface area contributed by atoms with Crippen molar-refractivity contribution >= 4 is 34.0 Å². The number of aryl methyl sites for hydroxylation is 2. The minimum Gasteiger partial charge on any atom is -0.382 e. The van der Waals surface area contributed by atoms with Gasteiger partial charge in [0.15, 0.2) is 0 Å². The van der Waals surface area contributed by atoms with Crippen molar-refractivity contribution < 1.29 is 9.45 Å². The normalized spacial score (nSPS) is 10.5. The number of nitrogens with zero attached hydrogens (tertiary/aromatic N) is 2. The highest BCUT2D eigenvalue weighted by Gasteiger charge is 2.21. The van der Waals surface area contributed by atoms with Crippen LogP contribution in [-0.4, -0.2) is 17.1 Å². The van der Waals surface area contributed by atoms with E-state index in [-0.39, 0.29) is 5.69 Å². The first-order valence-electron chi connectivity index (χ1n) is 5.54. The summed E-state index contributed by atoms with van der Waals surface area (Å²) in [5.41, 5.74) is 2.83. The predicted molar refractivity (Wildman–Crippen MR) is 80.3 cm³/mol. The lowest BCUT2D eigenvalue weighted by Gasteiger charge is -2.08. The summed E-state index contributed by atoms with van der Waals surface area (Å²) < 4.78 is 5.89. The zero-order valence-electron chi connectivity index (χ0n) is 10.7.